The zero-order chi connectivity index (χ0) is 9.19. The van der Waals surface area contributed by atoms with Crippen molar-refractivity contribution >= 4 is 22.6 Å². The van der Waals surface area contributed by atoms with E-state index >= 15 is 0 Å². The van der Waals surface area contributed by atoms with Gasteiger partial charge in [-0.05, 0) is 13.8 Å². The van der Waals surface area contributed by atoms with Gasteiger partial charge in [-0.1, -0.05) is 28.7 Å². The van der Waals surface area contributed by atoms with Crippen molar-refractivity contribution < 1.29 is 9.47 Å². The third-order valence-corrected chi connectivity index (χ3v) is 2.80. The van der Waals surface area contributed by atoms with Crippen LogP contribution in [0.1, 0.15) is 20.3 Å². The minimum atomic E-state index is -0.451. The lowest BCUT2D eigenvalue weighted by Gasteiger charge is -2.39. The summed E-state index contributed by atoms with van der Waals surface area (Å²) in [6.07, 6.45) is 3.23. The second-order valence-electron chi connectivity index (χ2n) is 3.42. The van der Waals surface area contributed by atoms with E-state index in [-0.39, 0.29) is 6.10 Å². The molecule has 0 N–H and O–H groups in total. The number of ether oxygens (including phenoxy) is 2. The summed E-state index contributed by atoms with van der Waals surface area (Å²) in [6, 6.07) is 0. The van der Waals surface area contributed by atoms with Crippen LogP contribution in [0.4, 0.5) is 0 Å². The molecule has 0 amide bonds. The highest BCUT2D eigenvalue weighted by Crippen LogP contribution is 2.27. The molecule has 0 aromatic rings. The van der Waals surface area contributed by atoms with Gasteiger partial charge in [0.05, 0.1) is 12.2 Å². The van der Waals surface area contributed by atoms with Gasteiger partial charge in [0.1, 0.15) is 0 Å². The van der Waals surface area contributed by atoms with Crippen LogP contribution < -0.4 is 0 Å². The third kappa shape index (κ3) is 2.71. The van der Waals surface area contributed by atoms with E-state index < -0.39 is 5.79 Å². The van der Waals surface area contributed by atoms with Gasteiger partial charge >= 0.3 is 0 Å². The van der Waals surface area contributed by atoms with Gasteiger partial charge in [-0.2, -0.15) is 0 Å². The number of rotatable bonds is 2. The molecule has 0 saturated carbocycles. The van der Waals surface area contributed by atoms with Gasteiger partial charge < -0.3 is 9.47 Å². The Balaban J connectivity index is 2.58. The van der Waals surface area contributed by atoms with Crippen molar-refractivity contribution in [2.24, 2.45) is 0 Å². The fraction of sp³-hybridized carbons (Fsp3) is 0.778. The molecule has 0 aromatic carbocycles. The Morgan fingerprint density at radius 2 is 2.25 bits per heavy atom. The highest BCUT2D eigenvalue weighted by Gasteiger charge is 2.33. The van der Waals surface area contributed by atoms with Crippen molar-refractivity contribution in [3.05, 3.63) is 12.7 Å². The number of halogens is 1. The fourth-order valence-corrected chi connectivity index (χ4v) is 1.93. The van der Waals surface area contributed by atoms with Crippen LogP contribution in [0, 0.1) is 0 Å². The molecule has 0 spiro atoms. The molecule has 1 fully saturated rings. The summed E-state index contributed by atoms with van der Waals surface area (Å²) < 4.78 is 12.3. The number of alkyl halides is 1. The highest BCUT2D eigenvalue weighted by atomic mass is 127. The maximum atomic E-state index is 5.68. The lowest BCUT2D eigenvalue weighted by atomic mass is 10.1. The van der Waals surface area contributed by atoms with Gasteiger partial charge in [-0.3, -0.25) is 0 Å². The van der Waals surface area contributed by atoms with Crippen LogP contribution in [0.2, 0.25) is 0 Å². The zero-order valence-corrected chi connectivity index (χ0v) is 9.71. The first-order valence-electron chi connectivity index (χ1n) is 4.11. The molecule has 0 aromatic heterocycles. The largest absolute Gasteiger partial charge is 0.346 e. The Bertz CT molecular complexity index is 168. The first-order chi connectivity index (χ1) is 5.57. The maximum absolute atomic E-state index is 5.68. The SMILES string of the molecule is C=C[C@H]1C[C@@H](CI)OC(C)(C)O1. The van der Waals surface area contributed by atoms with E-state index in [1.807, 2.05) is 19.9 Å². The minimum Gasteiger partial charge on any atom is -0.346 e. The number of hydrogen-bond donors (Lipinski definition) is 0. The molecule has 2 nitrogen and oxygen atoms in total. The second-order valence-corrected chi connectivity index (χ2v) is 4.30. The second kappa shape index (κ2) is 4.07. The molecule has 12 heavy (non-hydrogen) atoms. The van der Waals surface area contributed by atoms with Gasteiger partial charge in [-0.25, -0.2) is 0 Å². The van der Waals surface area contributed by atoms with Crippen LogP contribution in [0.5, 0.6) is 0 Å². The Hall–Kier alpha value is 0.390. The van der Waals surface area contributed by atoms with Crippen molar-refractivity contribution in [1.82, 2.24) is 0 Å². The lowest BCUT2D eigenvalue weighted by Crippen LogP contribution is -2.44. The molecule has 1 aliphatic heterocycles. The van der Waals surface area contributed by atoms with E-state index in [0.717, 1.165) is 10.8 Å². The summed E-state index contributed by atoms with van der Waals surface area (Å²) >= 11 is 2.33. The number of hydrogen-bond acceptors (Lipinski definition) is 2. The topological polar surface area (TPSA) is 18.5 Å². The van der Waals surface area contributed by atoms with Crippen LogP contribution in [0.25, 0.3) is 0 Å². The van der Waals surface area contributed by atoms with Gasteiger partial charge in [0, 0.05) is 10.8 Å². The summed E-state index contributed by atoms with van der Waals surface area (Å²) in [7, 11) is 0. The van der Waals surface area contributed by atoms with Crippen molar-refractivity contribution in [1.29, 1.82) is 0 Å². The Morgan fingerprint density at radius 3 is 2.75 bits per heavy atom. The average molecular weight is 282 g/mol. The molecule has 0 aliphatic carbocycles. The van der Waals surface area contributed by atoms with Crippen LogP contribution in [-0.2, 0) is 9.47 Å². The van der Waals surface area contributed by atoms with E-state index in [1.165, 1.54) is 0 Å². The first kappa shape index (κ1) is 10.5. The molecular weight excluding hydrogens is 267 g/mol. The average Bonchev–Trinajstić information content (AvgIpc) is 2.01. The molecule has 0 radical (unpaired) electrons. The Morgan fingerprint density at radius 1 is 1.58 bits per heavy atom. The first-order valence-corrected chi connectivity index (χ1v) is 5.64. The summed E-state index contributed by atoms with van der Waals surface area (Å²) in [6.45, 7) is 7.63. The normalized spacial score (nSPS) is 34.6. The van der Waals surface area contributed by atoms with Crippen LogP contribution in [0.3, 0.4) is 0 Å². The molecular formula is C9H15IO2. The lowest BCUT2D eigenvalue weighted by molar-refractivity contribution is -0.284. The summed E-state index contributed by atoms with van der Waals surface area (Å²) in [4.78, 5) is 0. The third-order valence-electron chi connectivity index (χ3n) is 1.82. The monoisotopic (exact) mass is 282 g/mol. The van der Waals surface area contributed by atoms with Crippen LogP contribution >= 0.6 is 22.6 Å². The van der Waals surface area contributed by atoms with E-state index in [1.54, 1.807) is 0 Å². The van der Waals surface area contributed by atoms with E-state index in [2.05, 4.69) is 29.2 Å². The molecule has 0 unspecified atom stereocenters. The van der Waals surface area contributed by atoms with E-state index in [0.29, 0.717) is 6.10 Å². The van der Waals surface area contributed by atoms with Crippen molar-refractivity contribution in [2.45, 2.75) is 38.3 Å². The Labute approximate surface area is 87.5 Å². The molecule has 1 heterocycles. The van der Waals surface area contributed by atoms with E-state index in [9.17, 15) is 0 Å². The molecule has 3 heteroatoms. The van der Waals surface area contributed by atoms with Gasteiger partial charge in [-0.15, -0.1) is 6.58 Å². The maximum Gasteiger partial charge on any atom is 0.163 e. The summed E-state index contributed by atoms with van der Waals surface area (Å²) in [5, 5.41) is 0. The van der Waals surface area contributed by atoms with E-state index in [4.69, 9.17) is 9.47 Å². The van der Waals surface area contributed by atoms with Crippen molar-refractivity contribution in [2.75, 3.05) is 4.43 Å². The highest BCUT2D eigenvalue weighted by molar-refractivity contribution is 14.1. The molecule has 1 aliphatic rings. The van der Waals surface area contributed by atoms with Crippen molar-refractivity contribution in [3.63, 3.8) is 0 Å². The van der Waals surface area contributed by atoms with Gasteiger partial charge in [0.2, 0.25) is 0 Å². The predicted octanol–water partition coefficient (Wildman–Crippen LogP) is 2.52. The molecule has 1 rings (SSSR count). The standard InChI is InChI=1S/C9H15IO2/c1-4-7-5-8(6-10)12-9(2,3)11-7/h4,7-8H,1,5-6H2,2-3H3/t7-,8-/m0/s1. The molecule has 0 bridgehead atoms. The molecule has 2 atom stereocenters. The fourth-order valence-electron chi connectivity index (χ4n) is 1.39. The molecule has 1 saturated heterocycles. The Kier molecular flexibility index (Phi) is 3.55. The smallest absolute Gasteiger partial charge is 0.163 e. The summed E-state index contributed by atoms with van der Waals surface area (Å²) in [5.41, 5.74) is 0. The van der Waals surface area contributed by atoms with Crippen LogP contribution in [-0.4, -0.2) is 22.4 Å². The van der Waals surface area contributed by atoms with Crippen LogP contribution in [0.15, 0.2) is 12.7 Å². The predicted molar refractivity (Wildman–Crippen MR) is 57.5 cm³/mol. The minimum absolute atomic E-state index is 0.147. The molecule has 70 valence electrons. The van der Waals surface area contributed by atoms with Gasteiger partial charge in [0.15, 0.2) is 5.79 Å². The zero-order valence-electron chi connectivity index (χ0n) is 7.55. The van der Waals surface area contributed by atoms with Crippen molar-refractivity contribution in [3.8, 4) is 0 Å². The van der Waals surface area contributed by atoms with Gasteiger partial charge in [0.25, 0.3) is 0 Å². The summed E-state index contributed by atoms with van der Waals surface area (Å²) in [5.74, 6) is -0.451. The quantitative estimate of drug-likeness (QED) is 0.440.